The number of hydrogen-bond donors (Lipinski definition) is 0. The second kappa shape index (κ2) is 3.14. The predicted octanol–water partition coefficient (Wildman–Crippen LogP) is 3.36. The minimum Gasteiger partial charge on any atom is -0.461 e. The van der Waals surface area contributed by atoms with E-state index in [1.807, 2.05) is 26.0 Å². The van der Waals surface area contributed by atoms with Crippen LogP contribution in [0.4, 0.5) is 0 Å². The second-order valence-electron chi connectivity index (χ2n) is 3.77. The van der Waals surface area contributed by atoms with Gasteiger partial charge in [-0.2, -0.15) is 0 Å². The zero-order valence-corrected chi connectivity index (χ0v) is 8.97. The Hall–Kier alpha value is -0.730. The molecule has 75 valence electrons. The number of benzene rings is 1. The molecule has 1 aliphatic heterocycles. The first-order chi connectivity index (χ1) is 6.49. The summed E-state index contributed by atoms with van der Waals surface area (Å²) in [7, 11) is 0. The van der Waals surface area contributed by atoms with Crippen LogP contribution in [0.15, 0.2) is 18.2 Å². The fraction of sp³-hybridized carbons (Fsp3) is 0.364. The van der Waals surface area contributed by atoms with Gasteiger partial charge in [0.05, 0.1) is 11.1 Å². The standard InChI is InChI=1S/C11H12ClO2/c1-7-8-5-4-6-9(12)10(8)14-11(2,3)13-7/h4-7H,1H2,2-3H3/t7-/m0/s1. The summed E-state index contributed by atoms with van der Waals surface area (Å²) in [5, 5.41) is 0.604. The predicted molar refractivity (Wildman–Crippen MR) is 55.3 cm³/mol. The Morgan fingerprint density at radius 2 is 2.14 bits per heavy atom. The minimum absolute atomic E-state index is 0.229. The molecule has 1 atom stereocenters. The smallest absolute Gasteiger partial charge is 0.205 e. The molecule has 1 heterocycles. The van der Waals surface area contributed by atoms with Crippen LogP contribution in [-0.2, 0) is 4.74 Å². The fourth-order valence-corrected chi connectivity index (χ4v) is 1.78. The van der Waals surface area contributed by atoms with Crippen molar-refractivity contribution in [3.63, 3.8) is 0 Å². The first-order valence-electron chi connectivity index (χ1n) is 4.48. The van der Waals surface area contributed by atoms with Crippen molar-refractivity contribution in [2.24, 2.45) is 0 Å². The third kappa shape index (κ3) is 1.60. The van der Waals surface area contributed by atoms with Gasteiger partial charge in [-0.05, 0) is 13.0 Å². The molecule has 0 N–H and O–H groups in total. The molecule has 1 aromatic carbocycles. The first kappa shape index (κ1) is 9.81. The summed E-state index contributed by atoms with van der Waals surface area (Å²) in [6.07, 6.45) is -0.229. The van der Waals surface area contributed by atoms with Gasteiger partial charge in [0.2, 0.25) is 5.79 Å². The van der Waals surface area contributed by atoms with Gasteiger partial charge < -0.3 is 9.47 Å². The van der Waals surface area contributed by atoms with Crippen LogP contribution in [0.3, 0.4) is 0 Å². The van der Waals surface area contributed by atoms with Crippen LogP contribution < -0.4 is 4.74 Å². The number of hydrogen-bond acceptors (Lipinski definition) is 2. The third-order valence-corrected chi connectivity index (χ3v) is 2.42. The maximum absolute atomic E-state index is 6.03. The molecular weight excluding hydrogens is 200 g/mol. The van der Waals surface area contributed by atoms with Gasteiger partial charge in [0.15, 0.2) is 0 Å². The second-order valence-corrected chi connectivity index (χ2v) is 4.17. The van der Waals surface area contributed by atoms with Gasteiger partial charge in [-0.25, -0.2) is 0 Å². The van der Waals surface area contributed by atoms with Crippen molar-refractivity contribution >= 4 is 11.6 Å². The lowest BCUT2D eigenvalue weighted by atomic mass is 10.1. The summed E-state index contributed by atoms with van der Waals surface area (Å²) >= 11 is 6.03. The highest BCUT2D eigenvalue weighted by Gasteiger charge is 2.33. The Bertz CT molecular complexity index is 360. The Kier molecular flexibility index (Phi) is 2.20. The molecule has 0 aromatic heterocycles. The lowest BCUT2D eigenvalue weighted by Gasteiger charge is -2.36. The molecule has 0 aliphatic carbocycles. The Balaban J connectivity index is 2.51. The number of halogens is 1. The van der Waals surface area contributed by atoms with Crippen LogP contribution >= 0.6 is 11.6 Å². The summed E-state index contributed by atoms with van der Waals surface area (Å²) in [6, 6.07) is 5.58. The minimum atomic E-state index is -0.662. The molecule has 0 bridgehead atoms. The molecular formula is C11H12ClO2. The van der Waals surface area contributed by atoms with E-state index in [0.29, 0.717) is 10.8 Å². The maximum Gasteiger partial charge on any atom is 0.205 e. The van der Waals surface area contributed by atoms with Gasteiger partial charge in [-0.15, -0.1) is 0 Å². The summed E-state index contributed by atoms with van der Waals surface area (Å²) in [5.41, 5.74) is 0.900. The third-order valence-electron chi connectivity index (χ3n) is 2.12. The van der Waals surface area contributed by atoms with Gasteiger partial charge in [0.25, 0.3) is 0 Å². The number of rotatable bonds is 0. The molecule has 1 aliphatic rings. The van der Waals surface area contributed by atoms with Gasteiger partial charge in [-0.3, -0.25) is 0 Å². The van der Waals surface area contributed by atoms with E-state index in [1.165, 1.54) is 0 Å². The largest absolute Gasteiger partial charge is 0.461 e. The van der Waals surface area contributed by atoms with E-state index in [9.17, 15) is 0 Å². The average molecular weight is 212 g/mol. The Labute approximate surface area is 88.8 Å². The van der Waals surface area contributed by atoms with Gasteiger partial charge in [-0.1, -0.05) is 23.7 Å². The summed E-state index contributed by atoms with van der Waals surface area (Å²) in [5.74, 6) is 0.0233. The summed E-state index contributed by atoms with van der Waals surface area (Å²) in [6.45, 7) is 7.60. The van der Waals surface area contributed by atoms with E-state index in [4.69, 9.17) is 21.1 Å². The van der Waals surface area contributed by atoms with Crippen LogP contribution in [-0.4, -0.2) is 5.79 Å². The van der Waals surface area contributed by atoms with Crippen molar-refractivity contribution in [1.82, 2.24) is 0 Å². The highest BCUT2D eigenvalue weighted by atomic mass is 35.5. The SMILES string of the molecule is [CH2][C@@H]1OC(C)(C)Oc2c(Cl)cccc21. The van der Waals surface area contributed by atoms with E-state index in [1.54, 1.807) is 6.07 Å². The van der Waals surface area contributed by atoms with E-state index < -0.39 is 5.79 Å². The zero-order chi connectivity index (χ0) is 10.3. The van der Waals surface area contributed by atoms with E-state index in [2.05, 4.69) is 6.92 Å². The molecule has 0 amide bonds. The van der Waals surface area contributed by atoms with Crippen LogP contribution in [0.2, 0.25) is 5.02 Å². The van der Waals surface area contributed by atoms with Crippen LogP contribution in [0.1, 0.15) is 25.5 Å². The normalized spacial score (nSPS) is 23.9. The van der Waals surface area contributed by atoms with Gasteiger partial charge >= 0.3 is 0 Å². The Morgan fingerprint density at radius 3 is 2.86 bits per heavy atom. The highest BCUT2D eigenvalue weighted by Crippen LogP contribution is 2.41. The van der Waals surface area contributed by atoms with Crippen molar-refractivity contribution in [3.8, 4) is 5.75 Å². The number of fused-ring (bicyclic) bond motifs is 1. The molecule has 0 fully saturated rings. The van der Waals surface area contributed by atoms with Crippen molar-refractivity contribution in [2.75, 3.05) is 0 Å². The molecule has 0 saturated carbocycles. The monoisotopic (exact) mass is 211 g/mol. The van der Waals surface area contributed by atoms with E-state index in [-0.39, 0.29) is 6.10 Å². The van der Waals surface area contributed by atoms with E-state index in [0.717, 1.165) is 5.56 Å². The highest BCUT2D eigenvalue weighted by molar-refractivity contribution is 6.32. The summed E-state index contributed by atoms with van der Waals surface area (Å²) < 4.78 is 11.2. The molecule has 1 radical (unpaired) electrons. The van der Waals surface area contributed by atoms with Crippen molar-refractivity contribution < 1.29 is 9.47 Å². The quantitative estimate of drug-likeness (QED) is 0.655. The lowest BCUT2D eigenvalue weighted by molar-refractivity contribution is -0.195. The number of ether oxygens (including phenoxy) is 2. The average Bonchev–Trinajstić information content (AvgIpc) is 2.05. The number of para-hydroxylation sites is 1. The lowest BCUT2D eigenvalue weighted by Crippen LogP contribution is -2.37. The molecule has 0 saturated heterocycles. The molecule has 0 spiro atoms. The molecule has 1 aromatic rings. The van der Waals surface area contributed by atoms with Gasteiger partial charge in [0.1, 0.15) is 5.75 Å². The Morgan fingerprint density at radius 1 is 1.43 bits per heavy atom. The maximum atomic E-state index is 6.03. The van der Waals surface area contributed by atoms with Crippen LogP contribution in [0, 0.1) is 6.92 Å². The van der Waals surface area contributed by atoms with Crippen LogP contribution in [0.25, 0.3) is 0 Å². The molecule has 0 unspecified atom stereocenters. The van der Waals surface area contributed by atoms with Crippen molar-refractivity contribution in [2.45, 2.75) is 25.7 Å². The van der Waals surface area contributed by atoms with Crippen molar-refractivity contribution in [3.05, 3.63) is 35.7 Å². The van der Waals surface area contributed by atoms with Gasteiger partial charge in [0, 0.05) is 19.4 Å². The topological polar surface area (TPSA) is 18.5 Å². The van der Waals surface area contributed by atoms with Crippen molar-refractivity contribution in [1.29, 1.82) is 0 Å². The molecule has 2 rings (SSSR count). The van der Waals surface area contributed by atoms with E-state index >= 15 is 0 Å². The summed E-state index contributed by atoms with van der Waals surface area (Å²) in [4.78, 5) is 0. The molecule has 14 heavy (non-hydrogen) atoms. The zero-order valence-electron chi connectivity index (χ0n) is 8.21. The van der Waals surface area contributed by atoms with Crippen LogP contribution in [0.5, 0.6) is 5.75 Å². The first-order valence-corrected chi connectivity index (χ1v) is 4.86. The molecule has 2 nitrogen and oxygen atoms in total. The molecule has 3 heteroatoms. The fourth-order valence-electron chi connectivity index (χ4n) is 1.56.